The molecular formula is C40H26N4. The van der Waals surface area contributed by atoms with Crippen LogP contribution >= 0.6 is 0 Å². The monoisotopic (exact) mass is 562 g/mol. The van der Waals surface area contributed by atoms with Crippen molar-refractivity contribution in [3.05, 3.63) is 121 Å². The minimum atomic E-state index is 0.0558. The van der Waals surface area contributed by atoms with Gasteiger partial charge in [0.1, 0.15) is 11.8 Å². The predicted molar refractivity (Wildman–Crippen MR) is 183 cm³/mol. The minimum Gasteiger partial charge on any atom is -0.332 e. The molecule has 0 radical (unpaired) electrons. The number of nitriles is 1. The van der Waals surface area contributed by atoms with Gasteiger partial charge in [-0.25, -0.2) is 4.99 Å². The Kier molecular flexibility index (Phi) is 4.71. The fraction of sp³-hybridized carbons (Fsp3) is 0.100. The number of fused-ring (bicyclic) bond motifs is 13. The zero-order valence-electron chi connectivity index (χ0n) is 24.0. The van der Waals surface area contributed by atoms with Gasteiger partial charge in [-0.3, -0.25) is 0 Å². The van der Waals surface area contributed by atoms with Gasteiger partial charge in [0.15, 0.2) is 0 Å². The van der Waals surface area contributed by atoms with Crippen LogP contribution in [0.15, 0.2) is 120 Å². The Labute approximate surface area is 253 Å². The van der Waals surface area contributed by atoms with E-state index in [1.165, 1.54) is 76.2 Å². The van der Waals surface area contributed by atoms with Crippen LogP contribution in [0.25, 0.3) is 70.7 Å². The first kappa shape index (κ1) is 23.9. The summed E-state index contributed by atoms with van der Waals surface area (Å²) >= 11 is 0. The molecular weight excluding hydrogens is 536 g/mol. The largest absolute Gasteiger partial charge is 0.332 e. The average molecular weight is 563 g/mol. The zero-order chi connectivity index (χ0) is 28.9. The van der Waals surface area contributed by atoms with E-state index in [1.807, 2.05) is 6.07 Å². The van der Waals surface area contributed by atoms with Gasteiger partial charge in [-0.2, -0.15) is 5.26 Å². The van der Waals surface area contributed by atoms with Gasteiger partial charge in [0.05, 0.1) is 39.3 Å². The molecule has 1 unspecified atom stereocenters. The van der Waals surface area contributed by atoms with Crippen molar-refractivity contribution >= 4 is 82.1 Å². The molecule has 1 aliphatic rings. The lowest BCUT2D eigenvalue weighted by Crippen LogP contribution is -2.14. The third-order valence-electron chi connectivity index (χ3n) is 9.90. The number of aromatic nitrogens is 2. The molecule has 4 nitrogen and oxygen atoms in total. The summed E-state index contributed by atoms with van der Waals surface area (Å²) in [6, 6.07) is 44.4. The van der Waals surface area contributed by atoms with E-state index < -0.39 is 0 Å². The summed E-state index contributed by atoms with van der Waals surface area (Å²) in [7, 11) is 0. The first-order valence-corrected chi connectivity index (χ1v) is 15.4. The number of aliphatic imine (C=N–C) groups is 1. The highest BCUT2D eigenvalue weighted by Gasteiger charge is 2.29. The minimum absolute atomic E-state index is 0.0558. The van der Waals surface area contributed by atoms with Gasteiger partial charge in [-0.1, -0.05) is 91.0 Å². The smallest absolute Gasteiger partial charge is 0.118 e. The van der Waals surface area contributed by atoms with E-state index in [4.69, 9.17) is 4.99 Å². The number of nitrogens with zero attached hydrogens (tertiary/aromatic N) is 4. The average Bonchev–Trinajstić information content (AvgIpc) is 3.70. The second kappa shape index (κ2) is 8.69. The van der Waals surface area contributed by atoms with Crippen LogP contribution < -0.4 is 0 Å². The van der Waals surface area contributed by atoms with Gasteiger partial charge in [-0.05, 0) is 42.5 Å². The van der Waals surface area contributed by atoms with Gasteiger partial charge in [-0.15, -0.1) is 0 Å². The molecule has 3 aromatic heterocycles. The predicted octanol–water partition coefficient (Wildman–Crippen LogP) is 10.5. The molecule has 0 fully saturated rings. The van der Waals surface area contributed by atoms with E-state index in [0.29, 0.717) is 12.1 Å². The number of benzene rings is 6. The van der Waals surface area contributed by atoms with Crippen LogP contribution in [-0.4, -0.2) is 14.7 Å². The molecule has 1 atom stereocenters. The normalized spacial score (nSPS) is 17.0. The van der Waals surface area contributed by atoms with Crippen molar-refractivity contribution in [1.82, 2.24) is 8.97 Å². The fourth-order valence-corrected chi connectivity index (χ4v) is 8.15. The van der Waals surface area contributed by atoms with Crippen LogP contribution in [0.5, 0.6) is 0 Å². The summed E-state index contributed by atoms with van der Waals surface area (Å²) in [5.41, 5.74) is 9.01. The number of para-hydroxylation sites is 3. The van der Waals surface area contributed by atoms with Gasteiger partial charge < -0.3 is 8.97 Å². The molecule has 1 aliphatic heterocycles. The van der Waals surface area contributed by atoms with Crippen LogP contribution in [0.1, 0.15) is 30.9 Å². The molecule has 6 aromatic carbocycles. The Morgan fingerprint density at radius 1 is 0.636 bits per heavy atom. The molecule has 9 aromatic rings. The second-order valence-corrected chi connectivity index (χ2v) is 12.1. The van der Waals surface area contributed by atoms with Crippen LogP contribution in [0.4, 0.5) is 5.69 Å². The third-order valence-corrected chi connectivity index (χ3v) is 9.90. The second-order valence-electron chi connectivity index (χ2n) is 12.1. The number of hydrogen-bond donors (Lipinski definition) is 0. The SMILES string of the molecule is N#C/C1=N/c2ccccc2C(n2c3c4ccccc4ccc3c3cc4c5ccccc5n5c6ccccc6c(c32)c45)CCC1. The Morgan fingerprint density at radius 3 is 2.20 bits per heavy atom. The summed E-state index contributed by atoms with van der Waals surface area (Å²) in [6.45, 7) is 0. The van der Waals surface area contributed by atoms with Gasteiger partial charge in [0, 0.05) is 49.7 Å². The van der Waals surface area contributed by atoms with Gasteiger partial charge in [0.2, 0.25) is 0 Å². The molecule has 206 valence electrons. The molecule has 0 saturated heterocycles. The quantitative estimate of drug-likeness (QED) is 0.196. The maximum absolute atomic E-state index is 9.82. The molecule has 0 saturated carbocycles. The van der Waals surface area contributed by atoms with Gasteiger partial charge in [0.25, 0.3) is 0 Å². The van der Waals surface area contributed by atoms with E-state index in [1.54, 1.807) is 0 Å². The molecule has 44 heavy (non-hydrogen) atoms. The zero-order valence-corrected chi connectivity index (χ0v) is 24.0. The van der Waals surface area contributed by atoms with Crippen LogP contribution in [0.2, 0.25) is 0 Å². The summed E-state index contributed by atoms with van der Waals surface area (Å²) < 4.78 is 5.13. The Bertz CT molecular complexity index is 2710. The molecule has 4 heterocycles. The summed E-state index contributed by atoms with van der Waals surface area (Å²) in [4.78, 5) is 4.91. The van der Waals surface area contributed by atoms with E-state index >= 15 is 0 Å². The standard InChI is InChI=1S/C40H26N4/c41-23-25-11-9-19-35(29-14-3-6-16-33(29)42-25)44-38-26-12-2-1-10-24(26)20-21-28(38)32-22-31-27-13-4-7-17-34(27)43-36-18-8-5-15-30(36)37(39(31)43)40(32)44/h1-8,10,12-18,20-22,35H,9,11,19H2/b42-25+. The topological polar surface area (TPSA) is 45.5 Å². The third kappa shape index (κ3) is 2.98. The van der Waals surface area contributed by atoms with Crippen LogP contribution in [0, 0.1) is 11.3 Å². The fourth-order valence-electron chi connectivity index (χ4n) is 8.15. The lowest BCUT2D eigenvalue weighted by atomic mass is 9.95. The van der Waals surface area contributed by atoms with Crippen molar-refractivity contribution < 1.29 is 0 Å². The van der Waals surface area contributed by atoms with E-state index in [-0.39, 0.29) is 6.04 Å². The molecule has 0 aliphatic carbocycles. The molecule has 4 heteroatoms. The highest BCUT2D eigenvalue weighted by molar-refractivity contribution is 6.35. The van der Waals surface area contributed by atoms with Crippen LogP contribution in [-0.2, 0) is 0 Å². The molecule has 0 N–H and O–H groups in total. The van der Waals surface area contributed by atoms with Crippen molar-refractivity contribution in [3.63, 3.8) is 0 Å². The van der Waals surface area contributed by atoms with Crippen molar-refractivity contribution in [2.75, 3.05) is 0 Å². The van der Waals surface area contributed by atoms with Crippen molar-refractivity contribution in [1.29, 1.82) is 5.26 Å². The van der Waals surface area contributed by atoms with E-state index in [0.717, 1.165) is 18.5 Å². The van der Waals surface area contributed by atoms with E-state index in [9.17, 15) is 5.26 Å². The lowest BCUT2D eigenvalue weighted by molar-refractivity contribution is 0.552. The Hall–Kier alpha value is -5.66. The lowest BCUT2D eigenvalue weighted by Gasteiger charge is -2.26. The Morgan fingerprint density at radius 2 is 1.34 bits per heavy atom. The first-order chi connectivity index (χ1) is 21.8. The summed E-state index contributed by atoms with van der Waals surface area (Å²) in [5, 5.41) is 20.1. The maximum atomic E-state index is 9.82. The first-order valence-electron chi connectivity index (χ1n) is 15.4. The van der Waals surface area contributed by atoms with Crippen molar-refractivity contribution in [2.45, 2.75) is 25.3 Å². The summed E-state index contributed by atoms with van der Waals surface area (Å²) in [6.07, 6.45) is 2.50. The highest BCUT2D eigenvalue weighted by atomic mass is 15.0. The van der Waals surface area contributed by atoms with Crippen molar-refractivity contribution in [3.8, 4) is 6.07 Å². The molecule has 0 amide bonds. The highest BCUT2D eigenvalue weighted by Crippen LogP contribution is 2.49. The van der Waals surface area contributed by atoms with Gasteiger partial charge >= 0.3 is 0 Å². The Balaban J connectivity index is 1.49. The van der Waals surface area contributed by atoms with Crippen molar-refractivity contribution in [2.24, 2.45) is 4.99 Å². The van der Waals surface area contributed by atoms with E-state index in [2.05, 4.69) is 124 Å². The van der Waals surface area contributed by atoms with Crippen LogP contribution in [0.3, 0.4) is 0 Å². The molecule has 10 rings (SSSR count). The number of rotatable bonds is 1. The molecule has 0 bridgehead atoms. The molecule has 0 spiro atoms. The summed E-state index contributed by atoms with van der Waals surface area (Å²) in [5.74, 6) is 0. The number of hydrogen-bond acceptors (Lipinski definition) is 2. The maximum Gasteiger partial charge on any atom is 0.118 e.